The molecule has 0 atom stereocenters. The van der Waals surface area contributed by atoms with Gasteiger partial charge in [0.05, 0.1) is 5.57 Å². The zero-order valence-corrected chi connectivity index (χ0v) is 9.59. The van der Waals surface area contributed by atoms with E-state index in [-0.39, 0.29) is 0 Å². The maximum Gasteiger partial charge on any atom is 0.335 e. The molecule has 0 saturated carbocycles. The lowest BCUT2D eigenvalue weighted by atomic mass is 10.2. The summed E-state index contributed by atoms with van der Waals surface area (Å²) in [5.41, 5.74) is 0.331. The number of carboxylic acids is 1. The molecule has 0 saturated heterocycles. The summed E-state index contributed by atoms with van der Waals surface area (Å²) in [5, 5.41) is 8.38. The Labute approximate surface area is 82.0 Å². The maximum absolute atomic E-state index is 10.2. The third-order valence-corrected chi connectivity index (χ3v) is 0.904. The van der Waals surface area contributed by atoms with Crippen molar-refractivity contribution in [3.8, 4) is 0 Å². The Kier molecular flexibility index (Phi) is 23.6. The molecule has 2 heteroatoms. The highest BCUT2D eigenvalue weighted by Crippen LogP contribution is 1.94. The van der Waals surface area contributed by atoms with E-state index >= 15 is 0 Å². The fourth-order valence-corrected chi connectivity index (χ4v) is 0.471. The summed E-state index contributed by atoms with van der Waals surface area (Å²) in [6, 6.07) is 0. The first-order valence-corrected chi connectivity index (χ1v) is 4.74. The second-order valence-electron chi connectivity index (χ2n) is 1.55. The van der Waals surface area contributed by atoms with Crippen LogP contribution in [0.2, 0.25) is 0 Å². The maximum atomic E-state index is 10.2. The van der Waals surface area contributed by atoms with Crippen LogP contribution in [-0.4, -0.2) is 11.1 Å². The molecule has 0 bridgehead atoms. The van der Waals surface area contributed by atoms with E-state index in [9.17, 15) is 4.79 Å². The van der Waals surface area contributed by atoms with Gasteiger partial charge in [-0.05, 0) is 13.8 Å². The molecular formula is C11H22O2. The molecule has 0 aromatic heterocycles. The average Bonchev–Trinajstić information content (AvgIpc) is 2.20. The molecule has 0 rings (SSSR count). The van der Waals surface area contributed by atoms with Crippen molar-refractivity contribution in [1.82, 2.24) is 0 Å². The number of aliphatic carboxylic acids is 1. The van der Waals surface area contributed by atoms with Crippen molar-refractivity contribution in [3.05, 3.63) is 23.8 Å². The highest BCUT2D eigenvalue weighted by molar-refractivity contribution is 5.89. The lowest BCUT2D eigenvalue weighted by molar-refractivity contribution is -0.132. The van der Waals surface area contributed by atoms with Crippen molar-refractivity contribution in [1.29, 1.82) is 0 Å². The first kappa shape index (κ1) is 17.9. The van der Waals surface area contributed by atoms with Gasteiger partial charge in [-0.2, -0.15) is 0 Å². The van der Waals surface area contributed by atoms with Crippen LogP contribution in [0.1, 0.15) is 41.5 Å². The highest BCUT2D eigenvalue weighted by Gasteiger charge is 1.97. The predicted octanol–water partition coefficient (Wildman–Crippen LogP) is 3.65. The van der Waals surface area contributed by atoms with Crippen LogP contribution >= 0.6 is 0 Å². The van der Waals surface area contributed by atoms with E-state index in [0.717, 1.165) is 0 Å². The molecule has 0 radical (unpaired) electrons. The smallest absolute Gasteiger partial charge is 0.335 e. The van der Waals surface area contributed by atoms with Gasteiger partial charge < -0.3 is 5.11 Å². The van der Waals surface area contributed by atoms with E-state index in [4.69, 9.17) is 5.11 Å². The van der Waals surface area contributed by atoms with Gasteiger partial charge >= 0.3 is 5.97 Å². The first-order chi connectivity index (χ1) is 6.22. The van der Waals surface area contributed by atoms with Gasteiger partial charge in [0.15, 0.2) is 0 Å². The lowest BCUT2D eigenvalue weighted by Crippen LogP contribution is -1.95. The third kappa shape index (κ3) is 13.9. The molecule has 0 aromatic rings. The van der Waals surface area contributed by atoms with E-state index < -0.39 is 5.97 Å². The molecule has 0 fully saturated rings. The number of carboxylic acid groups (broad SMARTS) is 1. The molecule has 78 valence electrons. The molecule has 0 aliphatic heterocycles. The molecule has 0 aliphatic rings. The van der Waals surface area contributed by atoms with Gasteiger partial charge in [-0.1, -0.05) is 45.9 Å². The SMILES string of the molecule is C/C=C\C(=C/C)C(=O)O.CC.CC. The molecule has 0 aromatic carbocycles. The van der Waals surface area contributed by atoms with E-state index in [0.29, 0.717) is 5.57 Å². The van der Waals surface area contributed by atoms with Crippen molar-refractivity contribution in [3.63, 3.8) is 0 Å². The molecule has 0 aliphatic carbocycles. The van der Waals surface area contributed by atoms with Gasteiger partial charge in [0.25, 0.3) is 0 Å². The average molecular weight is 186 g/mol. The molecule has 2 nitrogen and oxygen atoms in total. The molecule has 0 amide bonds. The van der Waals surface area contributed by atoms with E-state index in [1.165, 1.54) is 0 Å². The molecule has 1 N–H and O–H groups in total. The van der Waals surface area contributed by atoms with E-state index in [2.05, 4.69) is 0 Å². The number of rotatable bonds is 2. The Morgan fingerprint density at radius 1 is 1.08 bits per heavy atom. The summed E-state index contributed by atoms with van der Waals surface area (Å²) < 4.78 is 0. The van der Waals surface area contributed by atoms with Crippen molar-refractivity contribution in [2.45, 2.75) is 41.5 Å². The van der Waals surface area contributed by atoms with E-state index in [1.54, 1.807) is 32.1 Å². The van der Waals surface area contributed by atoms with Gasteiger partial charge in [0.2, 0.25) is 0 Å². The van der Waals surface area contributed by atoms with Crippen molar-refractivity contribution in [2.75, 3.05) is 0 Å². The minimum Gasteiger partial charge on any atom is -0.478 e. The fraction of sp³-hybridized carbons (Fsp3) is 0.545. The van der Waals surface area contributed by atoms with Crippen LogP contribution in [0.4, 0.5) is 0 Å². The fourth-order valence-electron chi connectivity index (χ4n) is 0.471. The highest BCUT2D eigenvalue weighted by atomic mass is 16.4. The van der Waals surface area contributed by atoms with Gasteiger partial charge in [0, 0.05) is 0 Å². The minimum atomic E-state index is -0.879. The predicted molar refractivity (Wildman–Crippen MR) is 58.9 cm³/mol. The molecular weight excluding hydrogens is 164 g/mol. The second-order valence-corrected chi connectivity index (χ2v) is 1.55. The monoisotopic (exact) mass is 186 g/mol. The van der Waals surface area contributed by atoms with Crippen LogP contribution < -0.4 is 0 Å². The zero-order chi connectivity index (χ0) is 11.3. The topological polar surface area (TPSA) is 37.3 Å². The van der Waals surface area contributed by atoms with Gasteiger partial charge in [-0.3, -0.25) is 0 Å². The summed E-state index contributed by atoms with van der Waals surface area (Å²) in [7, 11) is 0. The van der Waals surface area contributed by atoms with Crippen LogP contribution in [0.25, 0.3) is 0 Å². The van der Waals surface area contributed by atoms with Crippen LogP contribution in [-0.2, 0) is 4.79 Å². The summed E-state index contributed by atoms with van der Waals surface area (Å²) >= 11 is 0. The Morgan fingerprint density at radius 3 is 1.54 bits per heavy atom. The second kappa shape index (κ2) is 17.2. The summed E-state index contributed by atoms with van der Waals surface area (Å²) in [6.07, 6.45) is 4.81. The Bertz CT molecular complexity index is 155. The summed E-state index contributed by atoms with van der Waals surface area (Å²) in [6.45, 7) is 11.5. The lowest BCUT2D eigenvalue weighted by Gasteiger charge is -1.88. The number of carbonyl (C=O) groups is 1. The number of hydrogen-bond donors (Lipinski definition) is 1. The summed E-state index contributed by atoms with van der Waals surface area (Å²) in [5.74, 6) is -0.879. The minimum absolute atomic E-state index is 0.331. The third-order valence-electron chi connectivity index (χ3n) is 0.904. The van der Waals surface area contributed by atoms with Crippen LogP contribution in [0.3, 0.4) is 0 Å². The van der Waals surface area contributed by atoms with Gasteiger partial charge in [-0.25, -0.2) is 4.79 Å². The molecule has 0 spiro atoms. The van der Waals surface area contributed by atoms with E-state index in [1.807, 2.05) is 27.7 Å². The summed E-state index contributed by atoms with van der Waals surface area (Å²) in [4.78, 5) is 10.2. The van der Waals surface area contributed by atoms with Crippen molar-refractivity contribution >= 4 is 5.97 Å². The van der Waals surface area contributed by atoms with Crippen LogP contribution in [0.5, 0.6) is 0 Å². The van der Waals surface area contributed by atoms with Crippen LogP contribution in [0, 0.1) is 0 Å². The number of hydrogen-bond acceptors (Lipinski definition) is 1. The Hall–Kier alpha value is -1.05. The normalized spacial score (nSPS) is 9.54. The van der Waals surface area contributed by atoms with Gasteiger partial charge in [0.1, 0.15) is 0 Å². The molecule has 13 heavy (non-hydrogen) atoms. The number of allylic oxidation sites excluding steroid dienone is 2. The standard InChI is InChI=1S/C7H10O2.2C2H6/c1-3-5-6(4-2)7(8)9;2*1-2/h3-5H,1-2H3,(H,8,9);2*1-2H3/b5-3-,6-4+;;. The quantitative estimate of drug-likeness (QED) is 0.528. The van der Waals surface area contributed by atoms with Crippen molar-refractivity contribution in [2.24, 2.45) is 0 Å². The van der Waals surface area contributed by atoms with Gasteiger partial charge in [-0.15, -0.1) is 0 Å². The molecule has 0 unspecified atom stereocenters. The largest absolute Gasteiger partial charge is 0.478 e. The first-order valence-electron chi connectivity index (χ1n) is 4.74. The Balaban J connectivity index is -0.000000218. The van der Waals surface area contributed by atoms with Crippen molar-refractivity contribution < 1.29 is 9.90 Å². The Morgan fingerprint density at radius 2 is 1.46 bits per heavy atom. The van der Waals surface area contributed by atoms with Crippen LogP contribution in [0.15, 0.2) is 23.8 Å². The molecule has 0 heterocycles. The zero-order valence-electron chi connectivity index (χ0n) is 9.59.